The number of rotatable bonds is 5. The average molecular weight is 295 g/mol. The van der Waals surface area contributed by atoms with Crippen molar-refractivity contribution < 1.29 is 4.21 Å². The quantitative estimate of drug-likeness (QED) is 0.898. The summed E-state index contributed by atoms with van der Waals surface area (Å²) in [6.07, 6.45) is 0. The van der Waals surface area contributed by atoms with Crippen molar-refractivity contribution in [2.24, 2.45) is 5.92 Å². The molecule has 1 aromatic rings. The topological polar surface area (TPSA) is 45.2 Å². The van der Waals surface area contributed by atoms with E-state index in [0.29, 0.717) is 5.92 Å². The van der Waals surface area contributed by atoms with Crippen LogP contribution in [0.4, 0.5) is 5.82 Å². The summed E-state index contributed by atoms with van der Waals surface area (Å²) in [5.41, 5.74) is 2.35. The third-order valence-electron chi connectivity index (χ3n) is 3.55. The molecular formula is C15H25N3OS. The fraction of sp³-hybridized carbons (Fsp3) is 0.667. The van der Waals surface area contributed by atoms with E-state index in [1.165, 1.54) is 5.56 Å². The Morgan fingerprint density at radius 3 is 2.65 bits per heavy atom. The van der Waals surface area contributed by atoms with Gasteiger partial charge in [-0.2, -0.15) is 0 Å². The summed E-state index contributed by atoms with van der Waals surface area (Å²) in [6.45, 7) is 10.1. The van der Waals surface area contributed by atoms with E-state index in [0.717, 1.165) is 49.2 Å². The number of pyridine rings is 1. The molecule has 5 heteroatoms. The highest BCUT2D eigenvalue weighted by molar-refractivity contribution is 7.85. The fourth-order valence-electron chi connectivity index (χ4n) is 2.30. The van der Waals surface area contributed by atoms with Crippen molar-refractivity contribution >= 4 is 16.6 Å². The zero-order valence-corrected chi connectivity index (χ0v) is 13.5. The molecule has 0 saturated carbocycles. The van der Waals surface area contributed by atoms with Gasteiger partial charge in [0.25, 0.3) is 0 Å². The first-order valence-corrected chi connectivity index (χ1v) is 8.82. The molecule has 1 aromatic heterocycles. The van der Waals surface area contributed by atoms with E-state index in [1.54, 1.807) is 0 Å². The Balaban J connectivity index is 1.96. The second-order valence-electron chi connectivity index (χ2n) is 5.77. The van der Waals surface area contributed by atoms with Crippen LogP contribution in [0.25, 0.3) is 0 Å². The smallest absolute Gasteiger partial charge is 0.128 e. The van der Waals surface area contributed by atoms with Gasteiger partial charge in [0.05, 0.1) is 0 Å². The second-order valence-corrected chi connectivity index (χ2v) is 7.47. The van der Waals surface area contributed by atoms with Gasteiger partial charge in [0, 0.05) is 47.6 Å². The van der Waals surface area contributed by atoms with Crippen LogP contribution in [-0.4, -0.2) is 40.3 Å². The zero-order chi connectivity index (χ0) is 14.5. The third-order valence-corrected chi connectivity index (χ3v) is 4.83. The van der Waals surface area contributed by atoms with E-state index < -0.39 is 10.8 Å². The monoisotopic (exact) mass is 295 g/mol. The van der Waals surface area contributed by atoms with E-state index >= 15 is 0 Å². The minimum absolute atomic E-state index is 0.633. The molecule has 0 radical (unpaired) electrons. The van der Waals surface area contributed by atoms with E-state index in [9.17, 15) is 4.21 Å². The van der Waals surface area contributed by atoms with Gasteiger partial charge in [0.2, 0.25) is 0 Å². The summed E-state index contributed by atoms with van der Waals surface area (Å²) >= 11 is 0. The Bertz CT molecular complexity index is 466. The van der Waals surface area contributed by atoms with Gasteiger partial charge in [-0.25, -0.2) is 4.98 Å². The molecule has 0 unspecified atom stereocenters. The minimum Gasteiger partial charge on any atom is -0.355 e. The Hall–Kier alpha value is -0.940. The summed E-state index contributed by atoms with van der Waals surface area (Å²) in [5, 5.41) is 3.45. The predicted molar refractivity (Wildman–Crippen MR) is 85.6 cm³/mol. The maximum Gasteiger partial charge on any atom is 0.128 e. The molecule has 0 atom stereocenters. The van der Waals surface area contributed by atoms with Gasteiger partial charge in [-0.3, -0.25) is 4.21 Å². The predicted octanol–water partition coefficient (Wildman–Crippen LogP) is 1.70. The Morgan fingerprint density at radius 1 is 1.35 bits per heavy atom. The summed E-state index contributed by atoms with van der Waals surface area (Å²) in [6, 6.07) is 4.25. The summed E-state index contributed by atoms with van der Waals surface area (Å²) in [7, 11) is -0.633. The lowest BCUT2D eigenvalue weighted by Gasteiger charge is -2.27. The fourth-order valence-corrected chi connectivity index (χ4v) is 3.35. The lowest BCUT2D eigenvalue weighted by molar-refractivity contribution is 0.551. The highest BCUT2D eigenvalue weighted by Crippen LogP contribution is 2.16. The van der Waals surface area contributed by atoms with Crippen molar-refractivity contribution in [3.63, 3.8) is 0 Å². The first kappa shape index (κ1) is 15.4. The van der Waals surface area contributed by atoms with Gasteiger partial charge < -0.3 is 10.2 Å². The number of anilines is 1. The molecule has 1 fully saturated rings. The minimum atomic E-state index is -0.633. The van der Waals surface area contributed by atoms with Gasteiger partial charge in [-0.15, -0.1) is 0 Å². The maximum atomic E-state index is 11.4. The molecule has 20 heavy (non-hydrogen) atoms. The Labute approximate surface area is 124 Å². The molecule has 0 spiro atoms. The standard InChI is InChI=1S/C15H25N3OS/c1-12(2)10-16-11-14-4-5-15(17-13(14)3)18-6-8-20(19)9-7-18/h4-5,12,16H,6-11H2,1-3H3. The number of nitrogens with one attached hydrogen (secondary N) is 1. The first-order chi connectivity index (χ1) is 9.56. The van der Waals surface area contributed by atoms with Crippen molar-refractivity contribution in [3.05, 3.63) is 23.4 Å². The molecule has 0 bridgehead atoms. The van der Waals surface area contributed by atoms with E-state index in [4.69, 9.17) is 4.98 Å². The molecule has 1 aliphatic rings. The lowest BCUT2D eigenvalue weighted by atomic mass is 10.2. The number of aryl methyl sites for hydroxylation is 1. The van der Waals surface area contributed by atoms with Crippen LogP contribution < -0.4 is 10.2 Å². The van der Waals surface area contributed by atoms with Crippen LogP contribution in [0.2, 0.25) is 0 Å². The Kier molecular flexibility index (Phi) is 5.54. The van der Waals surface area contributed by atoms with Crippen LogP contribution in [0.1, 0.15) is 25.1 Å². The first-order valence-electron chi connectivity index (χ1n) is 7.33. The lowest BCUT2D eigenvalue weighted by Crippen LogP contribution is -2.38. The van der Waals surface area contributed by atoms with E-state index in [2.05, 4.69) is 43.1 Å². The largest absolute Gasteiger partial charge is 0.355 e. The molecular weight excluding hydrogens is 270 g/mol. The Morgan fingerprint density at radius 2 is 2.05 bits per heavy atom. The van der Waals surface area contributed by atoms with Gasteiger partial charge in [0.15, 0.2) is 0 Å². The van der Waals surface area contributed by atoms with Crippen molar-refractivity contribution in [1.29, 1.82) is 0 Å². The van der Waals surface area contributed by atoms with Crippen LogP contribution in [0.5, 0.6) is 0 Å². The zero-order valence-electron chi connectivity index (χ0n) is 12.7. The average Bonchev–Trinajstić information content (AvgIpc) is 2.41. The maximum absolute atomic E-state index is 11.4. The van der Waals surface area contributed by atoms with E-state index in [1.807, 2.05) is 0 Å². The molecule has 2 heterocycles. The summed E-state index contributed by atoms with van der Waals surface area (Å²) in [4.78, 5) is 6.94. The molecule has 1 aliphatic heterocycles. The van der Waals surface area contributed by atoms with Gasteiger partial charge >= 0.3 is 0 Å². The summed E-state index contributed by atoms with van der Waals surface area (Å²) < 4.78 is 11.4. The van der Waals surface area contributed by atoms with Crippen LogP contribution in [0.15, 0.2) is 12.1 Å². The molecule has 112 valence electrons. The van der Waals surface area contributed by atoms with Crippen LogP contribution in [0.3, 0.4) is 0 Å². The molecule has 1 N–H and O–H groups in total. The highest BCUT2D eigenvalue weighted by Gasteiger charge is 2.16. The van der Waals surface area contributed by atoms with Crippen molar-refractivity contribution in [2.45, 2.75) is 27.3 Å². The van der Waals surface area contributed by atoms with Gasteiger partial charge in [0.1, 0.15) is 5.82 Å². The third kappa shape index (κ3) is 4.28. The molecule has 2 rings (SSSR count). The van der Waals surface area contributed by atoms with Crippen molar-refractivity contribution in [3.8, 4) is 0 Å². The molecule has 1 saturated heterocycles. The number of aromatic nitrogens is 1. The molecule has 0 aliphatic carbocycles. The van der Waals surface area contributed by atoms with Crippen molar-refractivity contribution in [1.82, 2.24) is 10.3 Å². The van der Waals surface area contributed by atoms with Crippen molar-refractivity contribution in [2.75, 3.05) is 36.0 Å². The summed E-state index contributed by atoms with van der Waals surface area (Å²) in [5.74, 6) is 3.21. The highest BCUT2D eigenvalue weighted by atomic mass is 32.2. The second kappa shape index (κ2) is 7.18. The molecule has 0 amide bonds. The SMILES string of the molecule is Cc1nc(N2CCS(=O)CC2)ccc1CNCC(C)C. The van der Waals surface area contributed by atoms with Gasteiger partial charge in [-0.1, -0.05) is 19.9 Å². The molecule has 0 aromatic carbocycles. The van der Waals surface area contributed by atoms with Crippen LogP contribution in [-0.2, 0) is 17.3 Å². The van der Waals surface area contributed by atoms with E-state index in [-0.39, 0.29) is 0 Å². The number of hydrogen-bond donors (Lipinski definition) is 1. The van der Waals surface area contributed by atoms with Crippen LogP contribution in [0, 0.1) is 12.8 Å². The number of hydrogen-bond acceptors (Lipinski definition) is 4. The normalized spacial score (nSPS) is 16.9. The van der Waals surface area contributed by atoms with Gasteiger partial charge in [-0.05, 0) is 31.0 Å². The number of nitrogens with zero attached hydrogens (tertiary/aromatic N) is 2. The van der Waals surface area contributed by atoms with Crippen LogP contribution >= 0.6 is 0 Å². The molecule has 4 nitrogen and oxygen atoms in total.